The molecule has 3 saturated carbocycles. The molecule has 41 heavy (non-hydrogen) atoms. The Morgan fingerprint density at radius 3 is 2.66 bits per heavy atom. The van der Waals surface area contributed by atoms with Gasteiger partial charge in [0.2, 0.25) is 11.7 Å². The number of amides is 1. The number of aromatic nitrogens is 4. The van der Waals surface area contributed by atoms with Gasteiger partial charge in [-0.1, -0.05) is 30.2 Å². The number of hydrogen-bond acceptors (Lipinski definition) is 7. The first-order valence-electron chi connectivity index (χ1n) is 13.4. The minimum Gasteiger partial charge on any atom is -0.389 e. The lowest BCUT2D eigenvalue weighted by molar-refractivity contribution is -0.132. The van der Waals surface area contributed by atoms with Crippen LogP contribution in [0, 0.1) is 34.8 Å². The zero-order valence-electron chi connectivity index (χ0n) is 21.9. The highest BCUT2D eigenvalue weighted by atomic mass is 19.2. The average Bonchev–Trinajstić information content (AvgIpc) is 3.86. The Hall–Kier alpha value is -4.40. The first-order chi connectivity index (χ1) is 19.8. The summed E-state index contributed by atoms with van der Waals surface area (Å²) in [5.41, 5.74) is 1.25. The summed E-state index contributed by atoms with van der Waals surface area (Å²) in [6.45, 7) is 0. The van der Waals surface area contributed by atoms with Crippen LogP contribution in [-0.2, 0) is 4.79 Å². The second kappa shape index (κ2) is 9.33. The van der Waals surface area contributed by atoms with Crippen molar-refractivity contribution in [1.29, 1.82) is 0 Å². The third-order valence-corrected chi connectivity index (χ3v) is 8.64. The standard InChI is InChI=1S/C30H26F2N6O3/c1-33-29(41)30-13-18(30)24(25(39)26(30)40)38-14-34-23-27(35-21-12-17(21)16-8-9-19(31)20(32)11-16)36-22(37-28(23)38)10-7-15-5-3-2-4-6-15/h2-6,8-9,11,14,17-18,21,24-26,39-40H,12-13H2,1H3,(H,33,41)(H,35,36,37)/t17-,18-,21+,24-,25+,26+,30+/m1/s1. The van der Waals surface area contributed by atoms with E-state index in [9.17, 15) is 23.8 Å². The van der Waals surface area contributed by atoms with Gasteiger partial charge >= 0.3 is 0 Å². The molecule has 11 heteroatoms. The van der Waals surface area contributed by atoms with E-state index in [4.69, 9.17) is 0 Å². The number of imidazole rings is 1. The molecule has 9 nitrogen and oxygen atoms in total. The number of fused-ring (bicyclic) bond motifs is 2. The van der Waals surface area contributed by atoms with Crippen LogP contribution in [0.4, 0.5) is 14.6 Å². The van der Waals surface area contributed by atoms with Crippen LogP contribution >= 0.6 is 0 Å². The minimum absolute atomic E-state index is 0.0394. The number of benzene rings is 2. The normalized spacial score (nSPS) is 29.4. The Morgan fingerprint density at radius 1 is 1.10 bits per heavy atom. The van der Waals surface area contributed by atoms with Crippen molar-refractivity contribution in [3.8, 4) is 11.8 Å². The molecule has 0 radical (unpaired) electrons. The molecule has 0 saturated heterocycles. The second-order valence-electron chi connectivity index (χ2n) is 11.0. The maximum Gasteiger partial charge on any atom is 0.229 e. The van der Waals surface area contributed by atoms with Crippen molar-refractivity contribution >= 4 is 22.9 Å². The number of hydrogen-bond donors (Lipinski definition) is 4. The number of aliphatic hydroxyl groups excluding tert-OH is 2. The van der Waals surface area contributed by atoms with Crippen LogP contribution in [0.25, 0.3) is 11.2 Å². The third kappa shape index (κ3) is 4.05. The number of nitrogens with one attached hydrogen (secondary N) is 2. The topological polar surface area (TPSA) is 125 Å². The van der Waals surface area contributed by atoms with Crippen LogP contribution in [0.2, 0.25) is 0 Å². The summed E-state index contributed by atoms with van der Waals surface area (Å²) in [5, 5.41) is 27.9. The molecular weight excluding hydrogens is 530 g/mol. The Bertz CT molecular complexity index is 1750. The van der Waals surface area contributed by atoms with E-state index < -0.39 is 35.3 Å². The molecular formula is C30H26F2N6O3. The fraction of sp³-hybridized carbons (Fsp3) is 0.333. The smallest absolute Gasteiger partial charge is 0.229 e. The molecule has 7 rings (SSSR count). The molecule has 0 aliphatic heterocycles. The molecule has 0 bridgehead atoms. The van der Waals surface area contributed by atoms with Crippen LogP contribution < -0.4 is 10.6 Å². The number of carbonyl (C=O) groups excluding carboxylic acids is 1. The van der Waals surface area contributed by atoms with Crippen molar-refractivity contribution in [1.82, 2.24) is 24.8 Å². The molecule has 3 fully saturated rings. The van der Waals surface area contributed by atoms with Crippen molar-refractivity contribution < 1.29 is 23.8 Å². The van der Waals surface area contributed by atoms with Crippen LogP contribution in [0.5, 0.6) is 0 Å². The van der Waals surface area contributed by atoms with Crippen molar-refractivity contribution in [2.45, 2.75) is 43.1 Å². The van der Waals surface area contributed by atoms with Gasteiger partial charge in [0.1, 0.15) is 6.10 Å². The van der Waals surface area contributed by atoms with Crippen molar-refractivity contribution in [3.05, 3.63) is 83.4 Å². The quantitative estimate of drug-likeness (QED) is 0.279. The molecule has 1 amide bonds. The minimum atomic E-state index is -1.23. The summed E-state index contributed by atoms with van der Waals surface area (Å²) in [7, 11) is 1.51. The van der Waals surface area contributed by atoms with Crippen molar-refractivity contribution in [3.63, 3.8) is 0 Å². The van der Waals surface area contributed by atoms with E-state index >= 15 is 0 Å². The molecule has 3 aliphatic rings. The van der Waals surface area contributed by atoms with Gasteiger partial charge in [-0.25, -0.2) is 23.7 Å². The predicted molar refractivity (Wildman–Crippen MR) is 145 cm³/mol. The van der Waals surface area contributed by atoms with Gasteiger partial charge in [-0.3, -0.25) is 4.79 Å². The highest BCUT2D eigenvalue weighted by Crippen LogP contribution is 2.67. The van der Waals surface area contributed by atoms with Crippen LogP contribution in [0.15, 0.2) is 54.9 Å². The first kappa shape index (κ1) is 25.6. The third-order valence-electron chi connectivity index (χ3n) is 8.64. The van der Waals surface area contributed by atoms with E-state index in [1.54, 1.807) is 10.6 Å². The molecule has 2 aromatic carbocycles. The number of nitrogens with zero attached hydrogens (tertiary/aromatic N) is 4. The van der Waals surface area contributed by atoms with E-state index in [1.807, 2.05) is 30.3 Å². The zero-order valence-corrected chi connectivity index (χ0v) is 21.9. The van der Waals surface area contributed by atoms with Crippen LogP contribution in [0.1, 0.15) is 41.8 Å². The highest BCUT2D eigenvalue weighted by molar-refractivity contribution is 5.88. The van der Waals surface area contributed by atoms with Gasteiger partial charge in [0.15, 0.2) is 28.6 Å². The maximum absolute atomic E-state index is 13.8. The van der Waals surface area contributed by atoms with Gasteiger partial charge in [-0.2, -0.15) is 0 Å². The lowest BCUT2D eigenvalue weighted by Gasteiger charge is -2.23. The summed E-state index contributed by atoms with van der Waals surface area (Å²) >= 11 is 0. The van der Waals surface area contributed by atoms with Crippen molar-refractivity contribution in [2.24, 2.45) is 11.3 Å². The Kier molecular flexibility index (Phi) is 5.81. The fourth-order valence-electron chi connectivity index (χ4n) is 6.37. The number of rotatable bonds is 5. The van der Waals surface area contributed by atoms with Gasteiger partial charge in [0, 0.05) is 30.5 Å². The molecule has 3 aliphatic carbocycles. The second-order valence-corrected chi connectivity index (χ2v) is 11.0. The van der Waals surface area contributed by atoms with E-state index in [0.29, 0.717) is 35.4 Å². The fourth-order valence-corrected chi connectivity index (χ4v) is 6.37. The highest BCUT2D eigenvalue weighted by Gasteiger charge is 2.75. The average molecular weight is 557 g/mol. The van der Waals surface area contributed by atoms with Crippen molar-refractivity contribution in [2.75, 3.05) is 12.4 Å². The molecule has 2 aromatic heterocycles. The van der Waals surface area contributed by atoms with E-state index in [2.05, 4.69) is 37.4 Å². The van der Waals surface area contributed by atoms with E-state index in [-0.39, 0.29) is 29.6 Å². The molecule has 4 aromatic rings. The molecule has 0 unspecified atom stereocenters. The number of aliphatic hydroxyl groups is 2. The van der Waals surface area contributed by atoms with E-state index in [0.717, 1.165) is 11.6 Å². The Labute approximate surface area is 233 Å². The van der Waals surface area contributed by atoms with Gasteiger partial charge in [0.25, 0.3) is 0 Å². The predicted octanol–water partition coefficient (Wildman–Crippen LogP) is 2.50. The lowest BCUT2D eigenvalue weighted by Crippen LogP contribution is -2.41. The molecule has 7 atom stereocenters. The molecule has 0 spiro atoms. The summed E-state index contributed by atoms with van der Waals surface area (Å²) in [6.07, 6.45) is 0.235. The van der Waals surface area contributed by atoms with Gasteiger partial charge < -0.3 is 25.4 Å². The number of carbonyl (C=O) groups is 1. The summed E-state index contributed by atoms with van der Waals surface area (Å²) < 4.78 is 29.0. The summed E-state index contributed by atoms with van der Waals surface area (Å²) in [5.74, 6) is 4.29. The first-order valence-corrected chi connectivity index (χ1v) is 13.4. The zero-order chi connectivity index (χ0) is 28.5. The Balaban J connectivity index is 1.26. The molecule has 2 heterocycles. The summed E-state index contributed by atoms with van der Waals surface area (Å²) in [6, 6.07) is 12.6. The van der Waals surface area contributed by atoms with Crippen LogP contribution in [0.3, 0.4) is 0 Å². The Morgan fingerprint density at radius 2 is 1.90 bits per heavy atom. The number of anilines is 1. The molecule has 4 N–H and O–H groups in total. The summed E-state index contributed by atoms with van der Waals surface area (Å²) in [4.78, 5) is 26.5. The van der Waals surface area contributed by atoms with Crippen LogP contribution in [-0.4, -0.2) is 60.9 Å². The number of halogens is 2. The van der Waals surface area contributed by atoms with E-state index in [1.165, 1.54) is 19.4 Å². The molecule has 208 valence electrons. The lowest BCUT2D eigenvalue weighted by atomic mass is 9.98. The van der Waals surface area contributed by atoms with Gasteiger partial charge in [-0.05, 0) is 48.6 Å². The SMILES string of the molecule is CNC(=O)[C@@]12C[C@@H]1[C@@H](n1cnc3c(N[C@H]4C[C@@H]4c4ccc(F)c(F)c4)nc(C#Cc4ccccc4)nc31)[C@H](O)[C@@H]2O. The van der Waals surface area contributed by atoms with Gasteiger partial charge in [-0.15, -0.1) is 0 Å². The van der Waals surface area contributed by atoms with Gasteiger partial charge in [0.05, 0.1) is 23.9 Å². The monoisotopic (exact) mass is 556 g/mol. The largest absolute Gasteiger partial charge is 0.389 e. The maximum atomic E-state index is 13.8.